The molecule has 76 valence electrons. The van der Waals surface area contributed by atoms with Crippen molar-refractivity contribution in [3.05, 3.63) is 34.6 Å². The minimum absolute atomic E-state index is 0. The molecular weight excluding hydrogens is 226 g/mol. The van der Waals surface area contributed by atoms with E-state index in [1.807, 2.05) is 6.07 Å². The Morgan fingerprint density at radius 1 is 1.57 bits per heavy atom. The lowest BCUT2D eigenvalue weighted by Crippen LogP contribution is -2.11. The lowest BCUT2D eigenvalue weighted by atomic mass is 10.1. The average Bonchev–Trinajstić information content (AvgIpc) is 2.10. The van der Waals surface area contributed by atoms with Gasteiger partial charge in [0.2, 0.25) is 0 Å². The molecule has 0 spiro atoms. The van der Waals surface area contributed by atoms with Crippen LogP contribution >= 0.6 is 24.0 Å². The molecule has 1 aromatic carbocycles. The van der Waals surface area contributed by atoms with Gasteiger partial charge in [0.25, 0.3) is 0 Å². The fourth-order valence-electron chi connectivity index (χ4n) is 1.02. The lowest BCUT2D eigenvalue weighted by Gasteiger charge is -2.09. The van der Waals surface area contributed by atoms with E-state index < -0.39 is 11.9 Å². The highest BCUT2D eigenvalue weighted by molar-refractivity contribution is 6.30. The number of halogens is 3. The summed E-state index contributed by atoms with van der Waals surface area (Å²) in [5.74, 6) is -0.535. The van der Waals surface area contributed by atoms with E-state index in [0.717, 1.165) is 0 Å². The van der Waals surface area contributed by atoms with Gasteiger partial charge in [-0.1, -0.05) is 23.7 Å². The molecule has 0 aliphatic carbocycles. The van der Waals surface area contributed by atoms with E-state index in [4.69, 9.17) is 22.6 Å². The van der Waals surface area contributed by atoms with Crippen molar-refractivity contribution in [3.8, 4) is 6.07 Å². The first kappa shape index (κ1) is 13.2. The third-order valence-electron chi connectivity index (χ3n) is 1.69. The van der Waals surface area contributed by atoms with Gasteiger partial charge in [0, 0.05) is 11.6 Å². The van der Waals surface area contributed by atoms with Crippen LogP contribution in [-0.2, 0) is 0 Å². The number of hydrogen-bond donors (Lipinski definition) is 1. The molecule has 1 atom stereocenters. The van der Waals surface area contributed by atoms with Crippen LogP contribution in [0.1, 0.15) is 18.0 Å². The van der Waals surface area contributed by atoms with Gasteiger partial charge in [0.15, 0.2) is 0 Å². The summed E-state index contributed by atoms with van der Waals surface area (Å²) in [5.41, 5.74) is 5.84. The molecule has 0 unspecified atom stereocenters. The fraction of sp³-hybridized carbons (Fsp3) is 0.222. The summed E-state index contributed by atoms with van der Waals surface area (Å²) in [6.45, 7) is 0. The summed E-state index contributed by atoms with van der Waals surface area (Å²) in [6, 6.07) is 5.85. The Morgan fingerprint density at radius 3 is 2.79 bits per heavy atom. The van der Waals surface area contributed by atoms with Gasteiger partial charge >= 0.3 is 0 Å². The van der Waals surface area contributed by atoms with Crippen LogP contribution in [0.4, 0.5) is 4.39 Å². The SMILES string of the molecule is Cl.N#CC[C@@H](N)c1cccc(Cl)c1F. The number of nitrogens with two attached hydrogens (primary N) is 1. The van der Waals surface area contributed by atoms with Gasteiger partial charge in [-0.05, 0) is 6.07 Å². The Hall–Kier alpha value is -0.820. The highest BCUT2D eigenvalue weighted by Crippen LogP contribution is 2.23. The molecule has 0 aliphatic rings. The maximum absolute atomic E-state index is 13.3. The fourth-order valence-corrected chi connectivity index (χ4v) is 1.20. The van der Waals surface area contributed by atoms with E-state index in [-0.39, 0.29) is 29.4 Å². The average molecular weight is 235 g/mol. The zero-order chi connectivity index (χ0) is 9.84. The van der Waals surface area contributed by atoms with E-state index in [1.54, 1.807) is 6.07 Å². The van der Waals surface area contributed by atoms with Crippen LogP contribution in [0.3, 0.4) is 0 Å². The van der Waals surface area contributed by atoms with Crippen molar-refractivity contribution in [1.82, 2.24) is 0 Å². The van der Waals surface area contributed by atoms with Crippen LogP contribution in [-0.4, -0.2) is 0 Å². The van der Waals surface area contributed by atoms with Gasteiger partial charge in [-0.15, -0.1) is 12.4 Å². The van der Waals surface area contributed by atoms with Crippen molar-refractivity contribution in [2.45, 2.75) is 12.5 Å². The standard InChI is InChI=1S/C9H8ClFN2.ClH/c10-7-3-1-2-6(9(7)11)8(13)4-5-12;/h1-3,8H,4,13H2;1H/t8-;/m1./s1. The van der Waals surface area contributed by atoms with Crippen molar-refractivity contribution in [1.29, 1.82) is 5.26 Å². The summed E-state index contributed by atoms with van der Waals surface area (Å²) >= 11 is 5.54. The molecular formula is C9H9Cl2FN2. The minimum Gasteiger partial charge on any atom is -0.323 e. The molecule has 1 aromatic rings. The second kappa shape index (κ2) is 5.82. The number of rotatable bonds is 2. The van der Waals surface area contributed by atoms with E-state index >= 15 is 0 Å². The zero-order valence-corrected chi connectivity index (χ0v) is 8.78. The van der Waals surface area contributed by atoms with Crippen LogP contribution in [0.5, 0.6) is 0 Å². The Labute approximate surface area is 92.9 Å². The highest BCUT2D eigenvalue weighted by Gasteiger charge is 2.12. The van der Waals surface area contributed by atoms with Crippen molar-refractivity contribution < 1.29 is 4.39 Å². The van der Waals surface area contributed by atoms with Gasteiger partial charge in [0.05, 0.1) is 17.5 Å². The van der Waals surface area contributed by atoms with E-state index in [0.29, 0.717) is 0 Å². The van der Waals surface area contributed by atoms with Crippen LogP contribution in [0, 0.1) is 17.1 Å². The molecule has 5 heteroatoms. The van der Waals surface area contributed by atoms with Crippen LogP contribution in [0.15, 0.2) is 18.2 Å². The monoisotopic (exact) mass is 234 g/mol. The summed E-state index contributed by atoms with van der Waals surface area (Å²) < 4.78 is 13.3. The number of nitrogens with zero attached hydrogens (tertiary/aromatic N) is 1. The Bertz CT molecular complexity index is 349. The largest absolute Gasteiger partial charge is 0.323 e. The molecule has 0 saturated heterocycles. The second-order valence-electron chi connectivity index (χ2n) is 2.61. The van der Waals surface area contributed by atoms with Crippen molar-refractivity contribution >= 4 is 24.0 Å². The van der Waals surface area contributed by atoms with Gasteiger partial charge in [-0.3, -0.25) is 0 Å². The molecule has 0 radical (unpaired) electrons. The summed E-state index contributed by atoms with van der Waals surface area (Å²) in [7, 11) is 0. The first-order valence-electron chi connectivity index (χ1n) is 3.73. The topological polar surface area (TPSA) is 49.8 Å². The Balaban J connectivity index is 0.00000169. The van der Waals surface area contributed by atoms with Gasteiger partial charge < -0.3 is 5.73 Å². The lowest BCUT2D eigenvalue weighted by molar-refractivity contribution is 0.585. The predicted molar refractivity (Wildman–Crippen MR) is 55.8 cm³/mol. The molecule has 2 nitrogen and oxygen atoms in total. The van der Waals surface area contributed by atoms with Crippen molar-refractivity contribution in [3.63, 3.8) is 0 Å². The predicted octanol–water partition coefficient (Wildman–Crippen LogP) is 2.81. The third-order valence-corrected chi connectivity index (χ3v) is 1.98. The summed E-state index contributed by atoms with van der Waals surface area (Å²) in [4.78, 5) is 0. The first-order chi connectivity index (χ1) is 6.16. The maximum Gasteiger partial charge on any atom is 0.146 e. The first-order valence-corrected chi connectivity index (χ1v) is 4.11. The minimum atomic E-state index is -0.608. The third kappa shape index (κ3) is 2.85. The molecule has 14 heavy (non-hydrogen) atoms. The quantitative estimate of drug-likeness (QED) is 0.856. The second-order valence-corrected chi connectivity index (χ2v) is 3.02. The van der Waals surface area contributed by atoms with Gasteiger partial charge in [0.1, 0.15) is 5.82 Å². The van der Waals surface area contributed by atoms with E-state index in [1.165, 1.54) is 12.1 Å². The van der Waals surface area contributed by atoms with Crippen molar-refractivity contribution in [2.24, 2.45) is 5.73 Å². The Morgan fingerprint density at radius 2 is 2.21 bits per heavy atom. The van der Waals surface area contributed by atoms with E-state index in [9.17, 15) is 4.39 Å². The molecule has 0 aliphatic heterocycles. The van der Waals surface area contributed by atoms with Gasteiger partial charge in [-0.25, -0.2) is 4.39 Å². The molecule has 0 bridgehead atoms. The molecule has 1 rings (SSSR count). The molecule has 0 heterocycles. The molecule has 0 aromatic heterocycles. The van der Waals surface area contributed by atoms with Crippen LogP contribution < -0.4 is 5.73 Å². The number of nitriles is 1. The summed E-state index contributed by atoms with van der Waals surface area (Å²) in [6.07, 6.45) is 0.0806. The number of hydrogen-bond acceptors (Lipinski definition) is 2. The van der Waals surface area contributed by atoms with Crippen LogP contribution in [0.25, 0.3) is 0 Å². The van der Waals surface area contributed by atoms with Crippen LogP contribution in [0.2, 0.25) is 5.02 Å². The molecule has 0 saturated carbocycles. The zero-order valence-electron chi connectivity index (χ0n) is 7.21. The number of benzene rings is 1. The molecule has 0 amide bonds. The molecule has 0 fully saturated rings. The highest BCUT2D eigenvalue weighted by atomic mass is 35.5. The smallest absolute Gasteiger partial charge is 0.146 e. The van der Waals surface area contributed by atoms with Crippen molar-refractivity contribution in [2.75, 3.05) is 0 Å². The normalized spacial score (nSPS) is 11.3. The Kier molecular flexibility index (Phi) is 5.47. The maximum atomic E-state index is 13.3. The molecule has 2 N–H and O–H groups in total. The van der Waals surface area contributed by atoms with Gasteiger partial charge in [-0.2, -0.15) is 5.26 Å². The summed E-state index contributed by atoms with van der Waals surface area (Å²) in [5, 5.41) is 8.41. The van der Waals surface area contributed by atoms with E-state index in [2.05, 4.69) is 0 Å².